The van der Waals surface area contributed by atoms with Gasteiger partial charge in [-0.15, -0.1) is 10.2 Å². The zero-order chi connectivity index (χ0) is 17.1. The van der Waals surface area contributed by atoms with Gasteiger partial charge >= 0.3 is 5.97 Å². The molecule has 0 spiro atoms. The Morgan fingerprint density at radius 2 is 2.08 bits per heavy atom. The minimum atomic E-state index is -0.673. The minimum absolute atomic E-state index is 0.234. The van der Waals surface area contributed by atoms with Gasteiger partial charge in [-0.2, -0.15) is 0 Å². The summed E-state index contributed by atoms with van der Waals surface area (Å²) in [5, 5.41) is 7.86. The molecular formula is C17H14ClN3O3. The van der Waals surface area contributed by atoms with Crippen LogP contribution in [0.5, 0.6) is 0 Å². The van der Waals surface area contributed by atoms with Crippen molar-refractivity contribution in [2.45, 2.75) is 20.0 Å². The number of carbonyl (C=O) groups is 1. The average Bonchev–Trinajstić information content (AvgIpc) is 3.02. The van der Waals surface area contributed by atoms with Crippen LogP contribution in [0.25, 0.3) is 11.3 Å². The maximum absolute atomic E-state index is 12.4. The van der Waals surface area contributed by atoms with Gasteiger partial charge in [0.1, 0.15) is 0 Å². The van der Waals surface area contributed by atoms with Gasteiger partial charge in [-0.25, -0.2) is 4.79 Å². The van der Waals surface area contributed by atoms with Crippen LogP contribution in [0, 0.1) is 6.92 Å². The summed E-state index contributed by atoms with van der Waals surface area (Å²) in [4.78, 5) is 16.7. The quantitative estimate of drug-likeness (QED) is 0.666. The molecule has 0 saturated heterocycles. The Kier molecular flexibility index (Phi) is 4.57. The number of hydrogen-bond donors (Lipinski definition) is 0. The molecule has 24 heavy (non-hydrogen) atoms. The van der Waals surface area contributed by atoms with E-state index in [1.54, 1.807) is 38.2 Å². The van der Waals surface area contributed by atoms with Crippen LogP contribution in [-0.4, -0.2) is 21.2 Å². The molecule has 0 radical (unpaired) electrons. The summed E-state index contributed by atoms with van der Waals surface area (Å²) in [5.74, 6) is 0.0714. The van der Waals surface area contributed by atoms with Crippen molar-refractivity contribution in [3.63, 3.8) is 0 Å². The molecule has 0 N–H and O–H groups in total. The third-order valence-corrected chi connectivity index (χ3v) is 3.65. The zero-order valence-electron chi connectivity index (χ0n) is 13.1. The molecule has 0 saturated carbocycles. The molecule has 0 aliphatic rings. The minimum Gasteiger partial charge on any atom is -0.449 e. The van der Waals surface area contributed by atoms with Crippen molar-refractivity contribution in [1.82, 2.24) is 15.2 Å². The average molecular weight is 344 g/mol. The number of benzene rings is 1. The SMILES string of the molecule is Cc1nnc(C(C)OC(=O)c2cc(-c3ccccn3)ccc2Cl)o1. The van der Waals surface area contributed by atoms with Gasteiger partial charge in [0.05, 0.1) is 16.3 Å². The van der Waals surface area contributed by atoms with Gasteiger partial charge in [0.2, 0.25) is 5.89 Å². The summed E-state index contributed by atoms with van der Waals surface area (Å²) in [6, 6.07) is 10.6. The number of halogens is 1. The second kappa shape index (κ2) is 6.80. The molecule has 0 amide bonds. The molecule has 1 aromatic carbocycles. The second-order valence-electron chi connectivity index (χ2n) is 5.12. The lowest BCUT2D eigenvalue weighted by molar-refractivity contribution is 0.0277. The fourth-order valence-corrected chi connectivity index (χ4v) is 2.32. The number of aryl methyl sites for hydroxylation is 1. The van der Waals surface area contributed by atoms with Crippen molar-refractivity contribution >= 4 is 17.6 Å². The van der Waals surface area contributed by atoms with Gasteiger partial charge in [0.25, 0.3) is 5.89 Å². The number of rotatable bonds is 4. The second-order valence-corrected chi connectivity index (χ2v) is 5.52. The lowest BCUT2D eigenvalue weighted by Crippen LogP contribution is -2.10. The van der Waals surface area contributed by atoms with Crippen molar-refractivity contribution in [3.8, 4) is 11.3 Å². The predicted octanol–water partition coefficient (Wildman–Crippen LogP) is 4.01. The molecule has 0 aliphatic carbocycles. The zero-order valence-corrected chi connectivity index (χ0v) is 13.8. The van der Waals surface area contributed by atoms with Crippen LogP contribution < -0.4 is 0 Å². The van der Waals surface area contributed by atoms with E-state index in [9.17, 15) is 4.79 Å². The lowest BCUT2D eigenvalue weighted by Gasteiger charge is -2.11. The van der Waals surface area contributed by atoms with E-state index in [0.29, 0.717) is 10.9 Å². The third kappa shape index (κ3) is 3.44. The number of nitrogens with zero attached hydrogens (tertiary/aromatic N) is 3. The van der Waals surface area contributed by atoms with Crippen LogP contribution >= 0.6 is 11.6 Å². The Morgan fingerprint density at radius 3 is 2.75 bits per heavy atom. The molecule has 3 aromatic rings. The van der Waals surface area contributed by atoms with Gasteiger partial charge in [-0.3, -0.25) is 4.98 Å². The first-order chi connectivity index (χ1) is 11.5. The molecule has 0 bridgehead atoms. The smallest absolute Gasteiger partial charge is 0.340 e. The Balaban J connectivity index is 1.84. The van der Waals surface area contributed by atoms with Crippen molar-refractivity contribution in [1.29, 1.82) is 0 Å². The van der Waals surface area contributed by atoms with E-state index >= 15 is 0 Å². The fourth-order valence-electron chi connectivity index (χ4n) is 2.13. The number of carbonyl (C=O) groups excluding carboxylic acids is 1. The number of aromatic nitrogens is 3. The summed E-state index contributed by atoms with van der Waals surface area (Å²) < 4.78 is 10.6. The first-order valence-electron chi connectivity index (χ1n) is 7.26. The van der Waals surface area contributed by atoms with Gasteiger partial charge in [0.15, 0.2) is 6.10 Å². The fraction of sp³-hybridized carbons (Fsp3) is 0.176. The van der Waals surface area contributed by atoms with Crippen LogP contribution in [0.1, 0.15) is 35.2 Å². The van der Waals surface area contributed by atoms with E-state index in [1.165, 1.54) is 0 Å². The normalized spacial score (nSPS) is 12.0. The highest BCUT2D eigenvalue weighted by molar-refractivity contribution is 6.33. The molecule has 122 valence electrons. The molecule has 0 fully saturated rings. The number of pyridine rings is 1. The highest BCUT2D eigenvalue weighted by Crippen LogP contribution is 2.26. The van der Waals surface area contributed by atoms with E-state index in [4.69, 9.17) is 20.8 Å². The third-order valence-electron chi connectivity index (χ3n) is 3.32. The summed E-state index contributed by atoms with van der Waals surface area (Å²) in [7, 11) is 0. The largest absolute Gasteiger partial charge is 0.449 e. The molecule has 0 aliphatic heterocycles. The van der Waals surface area contributed by atoms with E-state index in [2.05, 4.69) is 15.2 Å². The number of esters is 1. The van der Waals surface area contributed by atoms with Gasteiger partial charge in [-0.05, 0) is 31.2 Å². The molecule has 1 unspecified atom stereocenters. The molecule has 2 heterocycles. The van der Waals surface area contributed by atoms with E-state index in [1.807, 2.05) is 18.2 Å². The maximum atomic E-state index is 12.4. The Bertz CT molecular complexity index is 865. The lowest BCUT2D eigenvalue weighted by atomic mass is 10.1. The van der Waals surface area contributed by atoms with Crippen LogP contribution in [0.3, 0.4) is 0 Å². The highest BCUT2D eigenvalue weighted by atomic mass is 35.5. The summed E-state index contributed by atoms with van der Waals surface area (Å²) >= 11 is 6.14. The molecule has 3 rings (SSSR count). The van der Waals surface area contributed by atoms with Crippen LogP contribution in [0.2, 0.25) is 5.02 Å². The van der Waals surface area contributed by atoms with E-state index in [-0.39, 0.29) is 11.5 Å². The first kappa shape index (κ1) is 16.1. The monoisotopic (exact) mass is 343 g/mol. The highest BCUT2D eigenvalue weighted by Gasteiger charge is 2.21. The first-order valence-corrected chi connectivity index (χ1v) is 7.64. The predicted molar refractivity (Wildman–Crippen MR) is 87.5 cm³/mol. The number of hydrogen-bond acceptors (Lipinski definition) is 6. The molecule has 1 atom stereocenters. The van der Waals surface area contributed by atoms with Crippen LogP contribution in [0.15, 0.2) is 47.0 Å². The molecule has 2 aromatic heterocycles. The maximum Gasteiger partial charge on any atom is 0.340 e. The van der Waals surface area contributed by atoms with E-state index < -0.39 is 12.1 Å². The van der Waals surface area contributed by atoms with Crippen molar-refractivity contribution in [2.24, 2.45) is 0 Å². The van der Waals surface area contributed by atoms with Crippen LogP contribution in [-0.2, 0) is 4.74 Å². The van der Waals surface area contributed by atoms with E-state index in [0.717, 1.165) is 11.3 Å². The molecule has 7 heteroatoms. The van der Waals surface area contributed by atoms with Gasteiger partial charge < -0.3 is 9.15 Å². The van der Waals surface area contributed by atoms with Crippen LogP contribution in [0.4, 0.5) is 0 Å². The Hall–Kier alpha value is -2.73. The molecular weight excluding hydrogens is 330 g/mol. The molecule has 6 nitrogen and oxygen atoms in total. The summed E-state index contributed by atoms with van der Waals surface area (Å²) in [5.41, 5.74) is 1.76. The van der Waals surface area contributed by atoms with Gasteiger partial charge in [-0.1, -0.05) is 23.7 Å². The van der Waals surface area contributed by atoms with Crippen molar-refractivity contribution in [2.75, 3.05) is 0 Å². The Labute approximate surface area is 143 Å². The van der Waals surface area contributed by atoms with Crippen molar-refractivity contribution in [3.05, 3.63) is 65.0 Å². The standard InChI is InChI=1S/C17H14ClN3O3/c1-10(16-21-20-11(2)24-16)23-17(22)13-9-12(6-7-14(13)18)15-5-3-4-8-19-15/h3-10H,1-2H3. The summed E-state index contributed by atoms with van der Waals surface area (Å²) in [6.45, 7) is 3.32. The Morgan fingerprint density at radius 1 is 1.25 bits per heavy atom. The number of ether oxygens (including phenoxy) is 1. The summed E-state index contributed by atoms with van der Waals surface area (Å²) in [6.07, 6.45) is 1.01. The topological polar surface area (TPSA) is 78.1 Å². The van der Waals surface area contributed by atoms with Crippen molar-refractivity contribution < 1.29 is 13.9 Å². The van der Waals surface area contributed by atoms with Gasteiger partial charge in [0, 0.05) is 18.7 Å².